The van der Waals surface area contributed by atoms with Crippen LogP contribution in [0.3, 0.4) is 0 Å². The van der Waals surface area contributed by atoms with Gasteiger partial charge in [0, 0.05) is 32.9 Å². The molecule has 0 bridgehead atoms. The van der Waals surface area contributed by atoms with Crippen LogP contribution in [0.4, 0.5) is 34.1 Å². The fourth-order valence-electron chi connectivity index (χ4n) is 4.89. The Morgan fingerprint density at radius 3 is 1.87 bits per heavy atom. The zero-order chi connectivity index (χ0) is 32.5. The van der Waals surface area contributed by atoms with E-state index in [4.69, 9.17) is 0 Å². The van der Waals surface area contributed by atoms with Gasteiger partial charge in [0.1, 0.15) is 20.2 Å². The summed E-state index contributed by atoms with van der Waals surface area (Å²) in [7, 11) is -9.68. The normalized spacial score (nSPS) is 12.4. The summed E-state index contributed by atoms with van der Waals surface area (Å²) in [5.74, 6) is 0. The highest BCUT2D eigenvalue weighted by Gasteiger charge is 2.16. The van der Waals surface area contributed by atoms with Gasteiger partial charge in [-0.3, -0.25) is 0 Å². The van der Waals surface area contributed by atoms with Crippen molar-refractivity contribution >= 4 is 75.9 Å². The molecule has 6 rings (SSSR count). The van der Waals surface area contributed by atoms with E-state index in [9.17, 15) is 25.9 Å². The first-order valence-electron chi connectivity index (χ1n) is 13.7. The summed E-state index contributed by atoms with van der Waals surface area (Å²) in [6.07, 6.45) is 0. The lowest BCUT2D eigenvalue weighted by Crippen LogP contribution is -2.02. The maximum atomic E-state index is 12.3. The number of aryl methyl sites for hydroxylation is 1. The molecule has 11 nitrogen and oxygen atoms in total. The highest BCUT2D eigenvalue weighted by molar-refractivity contribution is 7.86. The molecule has 13 heteroatoms. The average molecular weight is 650 g/mol. The molecule has 6 aromatic carbocycles. The maximum absolute atomic E-state index is 12.3. The Hall–Kier alpha value is -5.34. The Morgan fingerprint density at radius 1 is 0.565 bits per heavy atom. The number of hydrogen-bond donors (Lipinski definition) is 1. The first-order chi connectivity index (χ1) is 22.0. The molecule has 0 aliphatic rings. The quantitative estimate of drug-likeness (QED) is 0.127. The van der Waals surface area contributed by atoms with Crippen LogP contribution >= 0.6 is 0 Å². The maximum Gasteiger partial charge on any atom is 0.125 e. The van der Waals surface area contributed by atoms with Crippen LogP contribution in [0.5, 0.6) is 0 Å². The van der Waals surface area contributed by atoms with E-state index in [2.05, 4.69) is 25.8 Å². The van der Waals surface area contributed by atoms with Crippen molar-refractivity contribution in [2.75, 3.05) is 5.32 Å². The van der Waals surface area contributed by atoms with Crippen LogP contribution in [-0.2, 0) is 20.2 Å². The van der Waals surface area contributed by atoms with Crippen molar-refractivity contribution in [3.63, 3.8) is 0 Å². The van der Waals surface area contributed by atoms with Crippen LogP contribution in [0.15, 0.2) is 146 Å². The van der Waals surface area contributed by atoms with Gasteiger partial charge in [-0.25, -0.2) is 16.8 Å². The molecule has 46 heavy (non-hydrogen) atoms. The highest BCUT2D eigenvalue weighted by Crippen LogP contribution is 2.40. The van der Waals surface area contributed by atoms with Crippen molar-refractivity contribution in [3.05, 3.63) is 121 Å². The Kier molecular flexibility index (Phi) is 8.15. The van der Waals surface area contributed by atoms with Crippen molar-refractivity contribution in [3.8, 4) is 0 Å². The van der Waals surface area contributed by atoms with E-state index in [1.807, 2.05) is 49.4 Å². The SMILES string of the molecule is Cc1ccc(Nc2ccc(N=Nc3ccc(N=Nc4ccccc4)c4ccc(S(=O)(=O)[O-])cc34)c3cccc(S(=O)(=O)[O-])c23)cc1. The fraction of sp³-hybridized carbons (Fsp3) is 0.0303. The van der Waals surface area contributed by atoms with Gasteiger partial charge in [-0.2, -0.15) is 5.11 Å². The number of nitrogens with zero attached hydrogens (tertiary/aromatic N) is 4. The molecule has 0 radical (unpaired) electrons. The van der Waals surface area contributed by atoms with E-state index in [0.29, 0.717) is 33.5 Å². The molecule has 0 saturated carbocycles. The van der Waals surface area contributed by atoms with Gasteiger partial charge in [0.15, 0.2) is 0 Å². The molecule has 0 atom stereocenters. The third-order valence-corrected chi connectivity index (χ3v) is 8.82. The van der Waals surface area contributed by atoms with Gasteiger partial charge in [-0.15, -0.1) is 15.3 Å². The second kappa shape index (κ2) is 12.2. The van der Waals surface area contributed by atoms with E-state index in [1.165, 1.54) is 30.3 Å². The molecule has 0 fully saturated rings. The average Bonchev–Trinajstić information content (AvgIpc) is 3.03. The van der Waals surface area contributed by atoms with Crippen LogP contribution in [0.1, 0.15) is 5.56 Å². The van der Waals surface area contributed by atoms with Gasteiger partial charge >= 0.3 is 0 Å². The van der Waals surface area contributed by atoms with E-state index in [0.717, 1.165) is 5.56 Å². The van der Waals surface area contributed by atoms with E-state index >= 15 is 0 Å². The zero-order valence-corrected chi connectivity index (χ0v) is 25.7. The van der Waals surface area contributed by atoms with Crippen LogP contribution in [0, 0.1) is 6.92 Å². The van der Waals surface area contributed by atoms with Crippen molar-refractivity contribution in [2.24, 2.45) is 20.5 Å². The van der Waals surface area contributed by atoms with Gasteiger partial charge in [0.25, 0.3) is 0 Å². The monoisotopic (exact) mass is 649 g/mol. The molecule has 230 valence electrons. The first-order valence-corrected chi connectivity index (χ1v) is 16.6. The van der Waals surface area contributed by atoms with E-state index < -0.39 is 30.0 Å². The van der Waals surface area contributed by atoms with Crippen molar-refractivity contribution in [1.29, 1.82) is 0 Å². The molecule has 0 amide bonds. The predicted molar refractivity (Wildman–Crippen MR) is 173 cm³/mol. The second-order valence-electron chi connectivity index (χ2n) is 10.3. The second-order valence-corrected chi connectivity index (χ2v) is 13.0. The van der Waals surface area contributed by atoms with Gasteiger partial charge in [0.05, 0.1) is 32.5 Å². The first kappa shape index (κ1) is 30.7. The van der Waals surface area contributed by atoms with Crippen LogP contribution in [0.2, 0.25) is 0 Å². The highest BCUT2D eigenvalue weighted by atomic mass is 32.2. The van der Waals surface area contributed by atoms with Crippen molar-refractivity contribution in [1.82, 2.24) is 0 Å². The molecule has 0 saturated heterocycles. The molecular weight excluding hydrogens is 627 g/mol. The fourth-order valence-corrected chi connectivity index (χ4v) is 6.10. The molecule has 0 heterocycles. The standard InChI is InChI=1S/C33H25N5O6S2/c1-21-10-12-22(13-11-21)34-31-19-18-29(26-8-5-9-32(33(26)31)46(42,43)44)37-38-30-17-16-28(36-35-23-6-3-2-4-7-23)25-15-14-24(20-27(25)30)45(39,40)41/h2-20,34H,1H3,(H,39,40,41)(H,42,43,44)/p-2. The predicted octanol–water partition coefficient (Wildman–Crippen LogP) is 8.68. The Bertz CT molecular complexity index is 2400. The van der Waals surface area contributed by atoms with Gasteiger partial charge in [0.2, 0.25) is 0 Å². The summed E-state index contributed by atoms with van der Waals surface area (Å²) < 4.78 is 72.5. The van der Waals surface area contributed by atoms with Gasteiger partial charge < -0.3 is 14.4 Å². The number of benzene rings is 6. The molecule has 0 aliphatic carbocycles. The number of nitrogens with one attached hydrogen (secondary N) is 1. The lowest BCUT2D eigenvalue weighted by molar-refractivity contribution is 0.461. The number of anilines is 2. The molecular formula is C33H23N5O6S2-2. The Labute approximate surface area is 264 Å². The summed E-state index contributed by atoms with van der Waals surface area (Å²) in [5, 5.41) is 21.7. The lowest BCUT2D eigenvalue weighted by atomic mass is 10.1. The summed E-state index contributed by atoms with van der Waals surface area (Å²) >= 11 is 0. The smallest absolute Gasteiger partial charge is 0.125 e. The molecule has 0 aliphatic heterocycles. The van der Waals surface area contributed by atoms with Gasteiger partial charge in [-0.05, 0) is 73.7 Å². The van der Waals surface area contributed by atoms with Gasteiger partial charge in [-0.1, -0.05) is 54.1 Å². The van der Waals surface area contributed by atoms with E-state index in [-0.39, 0.29) is 22.1 Å². The van der Waals surface area contributed by atoms with E-state index in [1.54, 1.807) is 42.5 Å². The number of rotatable bonds is 8. The third kappa shape index (κ3) is 6.53. The summed E-state index contributed by atoms with van der Waals surface area (Å²) in [6.45, 7) is 1.94. The molecule has 0 aromatic heterocycles. The molecule has 0 unspecified atom stereocenters. The summed E-state index contributed by atoms with van der Waals surface area (Å²) in [5.41, 5.74) is 3.54. The largest absolute Gasteiger partial charge is 0.744 e. The minimum absolute atomic E-state index is 0.135. The molecule has 0 spiro atoms. The topological polar surface area (TPSA) is 176 Å². The van der Waals surface area contributed by atoms with Crippen LogP contribution < -0.4 is 5.32 Å². The van der Waals surface area contributed by atoms with Crippen molar-refractivity contribution < 1.29 is 25.9 Å². The van der Waals surface area contributed by atoms with Crippen LogP contribution in [0.25, 0.3) is 21.5 Å². The zero-order valence-electron chi connectivity index (χ0n) is 24.0. The Morgan fingerprint density at radius 2 is 1.20 bits per heavy atom. The number of hydrogen-bond acceptors (Lipinski definition) is 11. The number of azo groups is 2. The number of fused-ring (bicyclic) bond motifs is 2. The minimum Gasteiger partial charge on any atom is -0.744 e. The minimum atomic E-state index is -4.88. The Balaban J connectivity index is 1.48. The third-order valence-electron chi connectivity index (χ3n) is 7.10. The molecule has 1 N–H and O–H groups in total. The van der Waals surface area contributed by atoms with Crippen LogP contribution in [-0.4, -0.2) is 25.9 Å². The summed E-state index contributed by atoms with van der Waals surface area (Å²) in [4.78, 5) is -0.892. The molecule has 6 aromatic rings. The van der Waals surface area contributed by atoms with Crippen molar-refractivity contribution in [2.45, 2.75) is 16.7 Å². The lowest BCUT2D eigenvalue weighted by Gasteiger charge is -2.16. The summed E-state index contributed by atoms with van der Waals surface area (Å²) in [6, 6.07) is 30.9.